The van der Waals surface area contributed by atoms with E-state index in [-0.39, 0.29) is 17.7 Å². The number of rotatable bonds is 5. The molecular weight excluding hydrogens is 256 g/mol. The molecule has 0 spiro atoms. The molecule has 2 rings (SSSR count). The van der Waals surface area contributed by atoms with Crippen LogP contribution in [0.25, 0.3) is 0 Å². The molecule has 1 nitrogen and oxygen atoms in total. The van der Waals surface area contributed by atoms with Gasteiger partial charge in [0, 0.05) is 6.04 Å². The van der Waals surface area contributed by atoms with Crippen LogP contribution >= 0.6 is 0 Å². The first kappa shape index (κ1) is 14.7. The maximum Gasteiger partial charge on any atom is 0.126 e. The molecule has 0 aliphatic carbocycles. The van der Waals surface area contributed by atoms with Crippen LogP contribution in [0.2, 0.25) is 0 Å². The maximum absolute atomic E-state index is 13.8. The third-order valence-electron chi connectivity index (χ3n) is 3.44. The van der Waals surface area contributed by atoms with Gasteiger partial charge in [-0.2, -0.15) is 0 Å². The summed E-state index contributed by atoms with van der Waals surface area (Å²) in [6, 6.07) is 11.5. The summed E-state index contributed by atoms with van der Waals surface area (Å²) in [5.74, 6) is -0.442. The van der Waals surface area contributed by atoms with Crippen molar-refractivity contribution in [2.75, 3.05) is 6.54 Å². The van der Waals surface area contributed by atoms with Gasteiger partial charge in [-0.3, -0.25) is 0 Å². The van der Waals surface area contributed by atoms with E-state index in [2.05, 4.69) is 5.32 Å². The summed E-state index contributed by atoms with van der Waals surface area (Å²) in [5, 5.41) is 3.35. The van der Waals surface area contributed by atoms with Crippen molar-refractivity contribution in [2.24, 2.45) is 0 Å². The number of likely N-dealkylation sites (N-methyl/N-ethyl adjacent to an activating group) is 1. The SMILES string of the molecule is CCNC(Cc1ccccc1F)c1ccc(F)cc1C. The van der Waals surface area contributed by atoms with Crippen molar-refractivity contribution in [2.45, 2.75) is 26.3 Å². The van der Waals surface area contributed by atoms with Crippen molar-refractivity contribution in [3.8, 4) is 0 Å². The van der Waals surface area contributed by atoms with Crippen molar-refractivity contribution in [1.29, 1.82) is 0 Å². The monoisotopic (exact) mass is 275 g/mol. The average Bonchev–Trinajstić information content (AvgIpc) is 2.41. The van der Waals surface area contributed by atoms with Gasteiger partial charge >= 0.3 is 0 Å². The third-order valence-corrected chi connectivity index (χ3v) is 3.44. The van der Waals surface area contributed by atoms with Gasteiger partial charge < -0.3 is 5.32 Å². The Morgan fingerprint density at radius 2 is 1.85 bits per heavy atom. The van der Waals surface area contributed by atoms with E-state index in [1.165, 1.54) is 18.2 Å². The largest absolute Gasteiger partial charge is 0.310 e. The Morgan fingerprint density at radius 1 is 1.10 bits per heavy atom. The van der Waals surface area contributed by atoms with Crippen molar-refractivity contribution in [3.05, 3.63) is 70.8 Å². The van der Waals surface area contributed by atoms with Gasteiger partial charge in [-0.15, -0.1) is 0 Å². The van der Waals surface area contributed by atoms with E-state index < -0.39 is 0 Å². The molecular formula is C17H19F2N. The quantitative estimate of drug-likeness (QED) is 0.863. The van der Waals surface area contributed by atoms with Crippen LogP contribution < -0.4 is 5.32 Å². The molecule has 0 saturated carbocycles. The molecule has 0 fully saturated rings. The summed E-state index contributed by atoms with van der Waals surface area (Å²) >= 11 is 0. The second-order valence-corrected chi connectivity index (χ2v) is 4.91. The van der Waals surface area contributed by atoms with Crippen molar-refractivity contribution >= 4 is 0 Å². The summed E-state index contributed by atoms with van der Waals surface area (Å²) in [7, 11) is 0. The summed E-state index contributed by atoms with van der Waals surface area (Å²) in [4.78, 5) is 0. The highest BCUT2D eigenvalue weighted by molar-refractivity contribution is 5.31. The van der Waals surface area contributed by atoms with E-state index in [0.29, 0.717) is 12.0 Å². The van der Waals surface area contributed by atoms with Crippen LogP contribution in [-0.2, 0) is 6.42 Å². The minimum absolute atomic E-state index is 0.0162. The third kappa shape index (κ3) is 3.42. The maximum atomic E-state index is 13.8. The number of halogens is 2. The number of benzene rings is 2. The molecule has 1 N–H and O–H groups in total. The van der Waals surface area contributed by atoms with Gasteiger partial charge in [0.25, 0.3) is 0 Å². The molecule has 1 atom stereocenters. The van der Waals surface area contributed by atoms with Crippen LogP contribution in [0.4, 0.5) is 8.78 Å². The van der Waals surface area contributed by atoms with E-state index in [0.717, 1.165) is 17.7 Å². The van der Waals surface area contributed by atoms with E-state index >= 15 is 0 Å². The Kier molecular flexibility index (Phi) is 4.85. The molecule has 0 amide bonds. The fourth-order valence-electron chi connectivity index (χ4n) is 2.45. The molecule has 2 aromatic carbocycles. The molecule has 1 unspecified atom stereocenters. The Bertz CT molecular complexity index is 581. The second kappa shape index (κ2) is 6.62. The van der Waals surface area contributed by atoms with E-state index in [1.54, 1.807) is 18.2 Å². The minimum Gasteiger partial charge on any atom is -0.310 e. The lowest BCUT2D eigenvalue weighted by molar-refractivity contribution is 0.524. The number of nitrogens with one attached hydrogen (secondary N) is 1. The normalized spacial score (nSPS) is 12.4. The first-order chi connectivity index (χ1) is 9.61. The molecule has 20 heavy (non-hydrogen) atoms. The lowest BCUT2D eigenvalue weighted by Gasteiger charge is -2.21. The Hall–Kier alpha value is -1.74. The molecule has 0 aliphatic rings. The highest BCUT2D eigenvalue weighted by Gasteiger charge is 2.15. The van der Waals surface area contributed by atoms with Crippen LogP contribution in [0.15, 0.2) is 42.5 Å². The molecule has 0 radical (unpaired) electrons. The molecule has 0 aliphatic heterocycles. The Morgan fingerprint density at radius 3 is 2.50 bits per heavy atom. The van der Waals surface area contributed by atoms with Crippen molar-refractivity contribution in [1.82, 2.24) is 5.32 Å². The van der Waals surface area contributed by atoms with Gasteiger partial charge in [0.2, 0.25) is 0 Å². The molecule has 106 valence electrons. The summed E-state index contributed by atoms with van der Waals surface area (Å²) in [6.45, 7) is 4.66. The van der Waals surface area contributed by atoms with Gasteiger partial charge in [-0.05, 0) is 54.8 Å². The van der Waals surface area contributed by atoms with Gasteiger partial charge in [0.15, 0.2) is 0 Å². The Balaban J connectivity index is 2.29. The van der Waals surface area contributed by atoms with Crippen molar-refractivity contribution in [3.63, 3.8) is 0 Å². The average molecular weight is 275 g/mol. The smallest absolute Gasteiger partial charge is 0.126 e. The summed E-state index contributed by atoms with van der Waals surface area (Å²) in [5.41, 5.74) is 2.56. The first-order valence-electron chi connectivity index (χ1n) is 6.84. The minimum atomic E-state index is -0.243. The zero-order valence-electron chi connectivity index (χ0n) is 11.8. The topological polar surface area (TPSA) is 12.0 Å². The second-order valence-electron chi connectivity index (χ2n) is 4.91. The molecule has 0 aromatic heterocycles. The molecule has 0 saturated heterocycles. The van der Waals surface area contributed by atoms with E-state index in [9.17, 15) is 8.78 Å². The lowest BCUT2D eigenvalue weighted by atomic mass is 9.95. The highest BCUT2D eigenvalue weighted by Crippen LogP contribution is 2.23. The summed E-state index contributed by atoms with van der Waals surface area (Å²) in [6.07, 6.45) is 0.549. The Labute approximate surface area is 118 Å². The molecule has 0 bridgehead atoms. The number of hydrogen-bond acceptors (Lipinski definition) is 1. The number of hydrogen-bond donors (Lipinski definition) is 1. The van der Waals surface area contributed by atoms with Crippen LogP contribution in [0.1, 0.15) is 29.7 Å². The van der Waals surface area contributed by atoms with Crippen LogP contribution in [0.5, 0.6) is 0 Å². The lowest BCUT2D eigenvalue weighted by Crippen LogP contribution is -2.24. The fraction of sp³-hybridized carbons (Fsp3) is 0.294. The van der Waals surface area contributed by atoms with E-state index in [1.807, 2.05) is 19.9 Å². The molecule has 2 aromatic rings. The zero-order valence-corrected chi connectivity index (χ0v) is 11.8. The van der Waals surface area contributed by atoms with Gasteiger partial charge in [0.1, 0.15) is 11.6 Å². The predicted octanol–water partition coefficient (Wildman–Crippen LogP) is 4.17. The molecule has 0 heterocycles. The van der Waals surface area contributed by atoms with Gasteiger partial charge in [-0.25, -0.2) is 8.78 Å². The van der Waals surface area contributed by atoms with Crippen LogP contribution in [0.3, 0.4) is 0 Å². The standard InChI is InChI=1S/C17H19F2N/c1-3-20-17(11-13-6-4-5-7-16(13)19)15-9-8-14(18)10-12(15)2/h4-10,17,20H,3,11H2,1-2H3. The van der Waals surface area contributed by atoms with Gasteiger partial charge in [-0.1, -0.05) is 31.2 Å². The van der Waals surface area contributed by atoms with Crippen LogP contribution in [0, 0.1) is 18.6 Å². The first-order valence-corrected chi connectivity index (χ1v) is 6.84. The van der Waals surface area contributed by atoms with Crippen molar-refractivity contribution < 1.29 is 8.78 Å². The summed E-state index contributed by atoms with van der Waals surface area (Å²) < 4.78 is 27.0. The molecule has 3 heteroatoms. The van der Waals surface area contributed by atoms with Gasteiger partial charge in [0.05, 0.1) is 0 Å². The van der Waals surface area contributed by atoms with E-state index in [4.69, 9.17) is 0 Å². The van der Waals surface area contributed by atoms with Crippen LogP contribution in [-0.4, -0.2) is 6.54 Å². The zero-order chi connectivity index (χ0) is 14.5. The predicted molar refractivity (Wildman–Crippen MR) is 77.7 cm³/mol. The number of aryl methyl sites for hydroxylation is 1. The highest BCUT2D eigenvalue weighted by atomic mass is 19.1. The fourth-order valence-corrected chi connectivity index (χ4v) is 2.45.